The summed E-state index contributed by atoms with van der Waals surface area (Å²) in [6, 6.07) is 13.4. The number of hydrogen-bond donors (Lipinski definition) is 2. The van der Waals surface area contributed by atoms with Gasteiger partial charge in [-0.05, 0) is 67.3 Å². The number of benzene rings is 2. The minimum absolute atomic E-state index is 0.0320. The lowest BCUT2D eigenvalue weighted by Crippen LogP contribution is -2.47. The summed E-state index contributed by atoms with van der Waals surface area (Å²) in [7, 11) is -6.86. The topological polar surface area (TPSA) is 141 Å². The Morgan fingerprint density at radius 2 is 1.85 bits per heavy atom. The Balaban J connectivity index is 1.37. The van der Waals surface area contributed by atoms with Crippen LogP contribution in [-0.4, -0.2) is 69.2 Å². The summed E-state index contributed by atoms with van der Waals surface area (Å²) >= 11 is 0. The Morgan fingerprint density at radius 1 is 1.15 bits per heavy atom. The molecule has 1 N–H and O–H groups in total. The molecular formula is C27H32N4O7S2. The van der Waals surface area contributed by atoms with Crippen molar-refractivity contribution in [3.8, 4) is 0 Å². The number of nitrogens with zero attached hydrogens (tertiary/aromatic N) is 3. The Labute approximate surface area is 235 Å². The number of thiol groups is 1. The quantitative estimate of drug-likeness (QED) is 0.317. The number of sulfone groups is 1. The van der Waals surface area contributed by atoms with E-state index in [1.807, 2.05) is 37.3 Å². The van der Waals surface area contributed by atoms with Gasteiger partial charge in [0.1, 0.15) is 18.0 Å². The van der Waals surface area contributed by atoms with Gasteiger partial charge < -0.3 is 10.2 Å². The van der Waals surface area contributed by atoms with Crippen LogP contribution in [0.1, 0.15) is 42.9 Å². The fourth-order valence-corrected chi connectivity index (χ4v) is 7.59. The van der Waals surface area contributed by atoms with Crippen molar-refractivity contribution in [2.24, 2.45) is 5.92 Å². The van der Waals surface area contributed by atoms with Gasteiger partial charge in [-0.25, -0.2) is 21.6 Å². The normalized spacial score (nSPS) is 21.0. The number of fused-ring (bicyclic) bond motifs is 2. The fraction of sp³-hybridized carbons (Fsp3) is 0.444. The third kappa shape index (κ3) is 5.44. The maximum absolute atomic E-state index is 13.7. The van der Waals surface area contributed by atoms with Crippen LogP contribution in [0.25, 0.3) is 0 Å². The van der Waals surface area contributed by atoms with Crippen LogP contribution in [0.2, 0.25) is 0 Å². The third-order valence-electron chi connectivity index (χ3n) is 7.95. The Hall–Kier alpha value is -3.45. The number of carbonyl (C=O) groups is 3. The van der Waals surface area contributed by atoms with Gasteiger partial charge in [0.05, 0.1) is 5.69 Å². The lowest BCUT2D eigenvalue weighted by Gasteiger charge is -2.31. The SMILES string of the molecule is CC(C1CC1)N(Cc1ccccc1)C(=O)CN1C(=O)N[C@]2(CCc3cc(N(CS(C)(=O)=O)[SH](=O)=O)ccc32)C1=O. The van der Waals surface area contributed by atoms with Crippen LogP contribution in [0.4, 0.5) is 10.5 Å². The molecule has 4 amide bonds. The first-order valence-corrected chi connectivity index (χ1v) is 16.3. The molecule has 5 rings (SSSR count). The van der Waals surface area contributed by atoms with E-state index in [1.165, 1.54) is 12.1 Å². The highest BCUT2D eigenvalue weighted by molar-refractivity contribution is 7.91. The second kappa shape index (κ2) is 10.5. The number of aryl methyl sites for hydroxylation is 1. The third-order valence-corrected chi connectivity index (χ3v) is 9.64. The maximum atomic E-state index is 13.7. The molecule has 11 nitrogen and oxygen atoms in total. The van der Waals surface area contributed by atoms with Crippen molar-refractivity contribution in [3.05, 3.63) is 65.2 Å². The largest absolute Gasteiger partial charge is 0.334 e. The molecule has 3 aliphatic rings. The van der Waals surface area contributed by atoms with Gasteiger partial charge in [-0.1, -0.05) is 36.4 Å². The summed E-state index contributed by atoms with van der Waals surface area (Å²) in [5, 5.41) is 2.79. The van der Waals surface area contributed by atoms with E-state index in [4.69, 9.17) is 0 Å². The summed E-state index contributed by atoms with van der Waals surface area (Å²) in [5.74, 6) is -1.16. The molecule has 0 radical (unpaired) electrons. The first kappa shape index (κ1) is 28.1. The molecule has 2 aromatic carbocycles. The molecule has 214 valence electrons. The van der Waals surface area contributed by atoms with Gasteiger partial charge in [-0.15, -0.1) is 0 Å². The molecule has 0 aromatic heterocycles. The van der Waals surface area contributed by atoms with Gasteiger partial charge in [0.25, 0.3) is 5.91 Å². The average Bonchev–Trinajstić information content (AvgIpc) is 3.66. The molecule has 13 heteroatoms. The van der Waals surface area contributed by atoms with E-state index in [-0.39, 0.29) is 30.6 Å². The number of hydrogen-bond acceptors (Lipinski definition) is 7. The average molecular weight is 589 g/mol. The smallest absolute Gasteiger partial charge is 0.325 e. The molecule has 1 unspecified atom stereocenters. The molecule has 1 heterocycles. The van der Waals surface area contributed by atoms with E-state index in [2.05, 4.69) is 5.32 Å². The highest BCUT2D eigenvalue weighted by atomic mass is 32.2. The van der Waals surface area contributed by atoms with Crippen molar-refractivity contribution in [3.63, 3.8) is 0 Å². The minimum Gasteiger partial charge on any atom is -0.334 e. The highest BCUT2D eigenvalue weighted by Crippen LogP contribution is 2.43. The maximum Gasteiger partial charge on any atom is 0.325 e. The molecule has 40 heavy (non-hydrogen) atoms. The summed E-state index contributed by atoms with van der Waals surface area (Å²) in [6.07, 6.45) is 3.61. The van der Waals surface area contributed by atoms with Crippen molar-refractivity contribution < 1.29 is 31.2 Å². The van der Waals surface area contributed by atoms with Crippen LogP contribution in [0.15, 0.2) is 48.5 Å². The van der Waals surface area contributed by atoms with Gasteiger partial charge in [-0.3, -0.25) is 18.8 Å². The molecular weight excluding hydrogens is 556 g/mol. The van der Waals surface area contributed by atoms with Crippen molar-refractivity contribution >= 4 is 44.3 Å². The van der Waals surface area contributed by atoms with Crippen LogP contribution < -0.4 is 9.62 Å². The number of nitrogens with one attached hydrogen (secondary N) is 1. The van der Waals surface area contributed by atoms with Crippen molar-refractivity contribution in [1.29, 1.82) is 0 Å². The van der Waals surface area contributed by atoms with Gasteiger partial charge in [-0.2, -0.15) is 0 Å². The van der Waals surface area contributed by atoms with Gasteiger partial charge >= 0.3 is 6.03 Å². The van der Waals surface area contributed by atoms with Crippen LogP contribution in [0.5, 0.6) is 0 Å². The summed E-state index contributed by atoms with van der Waals surface area (Å²) in [4.78, 5) is 43.1. The van der Waals surface area contributed by atoms with Crippen LogP contribution in [-0.2, 0) is 48.8 Å². The van der Waals surface area contributed by atoms with E-state index in [9.17, 15) is 31.2 Å². The Kier molecular flexibility index (Phi) is 7.38. The van der Waals surface area contributed by atoms with Crippen molar-refractivity contribution in [2.75, 3.05) is 23.0 Å². The zero-order valence-electron chi connectivity index (χ0n) is 22.3. The predicted molar refractivity (Wildman–Crippen MR) is 148 cm³/mol. The number of anilines is 1. The zero-order valence-corrected chi connectivity index (χ0v) is 24.0. The molecule has 2 aliphatic carbocycles. The van der Waals surface area contributed by atoms with Gasteiger partial charge in [0.2, 0.25) is 16.8 Å². The molecule has 1 saturated heterocycles. The second-order valence-electron chi connectivity index (χ2n) is 10.8. The molecule has 2 fully saturated rings. The summed E-state index contributed by atoms with van der Waals surface area (Å²) < 4.78 is 47.8. The Morgan fingerprint density at radius 3 is 2.48 bits per heavy atom. The molecule has 0 bridgehead atoms. The molecule has 1 aliphatic heterocycles. The number of carbonyl (C=O) groups excluding carboxylic acids is 3. The first-order valence-electron chi connectivity index (χ1n) is 13.1. The minimum atomic E-state index is -3.63. The van der Waals surface area contributed by atoms with E-state index >= 15 is 0 Å². The monoisotopic (exact) mass is 588 g/mol. The number of urea groups is 1. The number of amides is 4. The van der Waals surface area contributed by atoms with Crippen molar-refractivity contribution in [2.45, 2.75) is 50.7 Å². The Bertz CT molecular complexity index is 1530. The summed E-state index contributed by atoms with van der Waals surface area (Å²) in [5.41, 5.74) is 0.896. The molecule has 2 atom stereocenters. The second-order valence-corrected chi connectivity index (χ2v) is 13.9. The zero-order chi connectivity index (χ0) is 28.8. The van der Waals surface area contributed by atoms with Crippen molar-refractivity contribution in [1.82, 2.24) is 15.1 Å². The lowest BCUT2D eigenvalue weighted by molar-refractivity contribution is -0.141. The van der Waals surface area contributed by atoms with Crippen LogP contribution in [0.3, 0.4) is 0 Å². The molecule has 2 aromatic rings. The van der Waals surface area contributed by atoms with Gasteiger partial charge in [0.15, 0.2) is 9.84 Å². The number of rotatable bonds is 10. The highest BCUT2D eigenvalue weighted by Gasteiger charge is 2.56. The fourth-order valence-electron chi connectivity index (χ4n) is 5.68. The standard InChI is InChI=1S/C27H32N4O7S2/c1-18(20-8-9-20)29(15-19-6-4-3-5-7-19)24(32)16-30-25(33)27(28-26(30)34)13-12-21-14-22(10-11-23(21)27)31(39(35)36)17-40(2,37)38/h3-7,10-11,14,18,20,39H,8-9,12-13,15-17H2,1-2H3,(H,28,34)/t18?,27-/m0/s1. The van der Waals surface area contributed by atoms with E-state index in [0.717, 1.165) is 33.9 Å². The predicted octanol–water partition coefficient (Wildman–Crippen LogP) is 1.54. The molecule has 1 spiro atoms. The summed E-state index contributed by atoms with van der Waals surface area (Å²) in [6.45, 7) is 1.99. The van der Waals surface area contributed by atoms with Crippen LogP contribution >= 0.6 is 0 Å². The molecule has 1 saturated carbocycles. The van der Waals surface area contributed by atoms with E-state index in [0.29, 0.717) is 30.0 Å². The van der Waals surface area contributed by atoms with E-state index < -0.39 is 44.1 Å². The number of imide groups is 1. The van der Waals surface area contributed by atoms with E-state index in [1.54, 1.807) is 11.0 Å². The lowest BCUT2D eigenvalue weighted by atomic mass is 9.91. The van der Waals surface area contributed by atoms with Gasteiger partial charge in [0, 0.05) is 18.8 Å². The van der Waals surface area contributed by atoms with Crippen LogP contribution in [0, 0.1) is 5.92 Å². The first-order chi connectivity index (χ1) is 18.9.